The number of aliphatic hydroxyl groups excluding tert-OH is 1. The van der Waals surface area contributed by atoms with Gasteiger partial charge in [-0.1, -0.05) is 18.5 Å². The number of hydrogen-bond acceptors (Lipinski definition) is 4. The Kier molecular flexibility index (Phi) is 6.63. The van der Waals surface area contributed by atoms with Gasteiger partial charge in [-0.3, -0.25) is 9.58 Å². The first-order valence-corrected chi connectivity index (χ1v) is 6.54. The van der Waals surface area contributed by atoms with Crippen LogP contribution in [0.15, 0.2) is 0 Å². The summed E-state index contributed by atoms with van der Waals surface area (Å²) >= 11 is 6.25. The molecule has 0 aromatic carbocycles. The third-order valence-corrected chi connectivity index (χ3v) is 3.37. The number of ether oxygens (including phenoxy) is 1. The fourth-order valence-electron chi connectivity index (χ4n) is 1.90. The van der Waals surface area contributed by atoms with Crippen molar-refractivity contribution in [2.45, 2.75) is 19.9 Å². The number of nitrogens with zero attached hydrogens (tertiary/aromatic N) is 3. The zero-order chi connectivity index (χ0) is 13.5. The van der Waals surface area contributed by atoms with Crippen LogP contribution in [0.5, 0.6) is 0 Å². The zero-order valence-corrected chi connectivity index (χ0v) is 12.1. The Morgan fingerprint density at radius 3 is 2.72 bits per heavy atom. The number of aromatic nitrogens is 2. The van der Waals surface area contributed by atoms with Crippen LogP contribution >= 0.6 is 11.6 Å². The van der Waals surface area contributed by atoms with Crippen LogP contribution in [0.3, 0.4) is 0 Å². The minimum absolute atomic E-state index is 0.128. The van der Waals surface area contributed by atoms with Crippen LogP contribution < -0.4 is 0 Å². The number of hydrogen-bond donors (Lipinski definition) is 1. The lowest BCUT2D eigenvalue weighted by Crippen LogP contribution is -2.30. The van der Waals surface area contributed by atoms with E-state index in [9.17, 15) is 0 Å². The van der Waals surface area contributed by atoms with Gasteiger partial charge in [0.15, 0.2) is 0 Å². The molecule has 0 radical (unpaired) electrons. The Morgan fingerprint density at radius 2 is 2.17 bits per heavy atom. The molecule has 0 aliphatic rings. The summed E-state index contributed by atoms with van der Waals surface area (Å²) in [6.45, 7) is 4.90. The van der Waals surface area contributed by atoms with E-state index in [1.807, 2.05) is 7.05 Å². The summed E-state index contributed by atoms with van der Waals surface area (Å²) in [5.41, 5.74) is 2.06. The Balaban J connectivity index is 2.78. The van der Waals surface area contributed by atoms with Crippen molar-refractivity contribution in [3.05, 3.63) is 16.4 Å². The molecule has 1 heterocycles. The number of rotatable bonds is 8. The molecule has 5 nitrogen and oxygen atoms in total. The van der Waals surface area contributed by atoms with Gasteiger partial charge in [-0.2, -0.15) is 5.10 Å². The highest BCUT2D eigenvalue weighted by Gasteiger charge is 2.16. The van der Waals surface area contributed by atoms with Crippen molar-refractivity contribution in [3.8, 4) is 0 Å². The van der Waals surface area contributed by atoms with Crippen molar-refractivity contribution in [1.29, 1.82) is 0 Å². The molecule has 0 aliphatic heterocycles. The summed E-state index contributed by atoms with van der Waals surface area (Å²) in [5.74, 6) is 0. The predicted octanol–water partition coefficient (Wildman–Crippen LogP) is 1.08. The quantitative estimate of drug-likeness (QED) is 0.771. The number of aryl methyl sites for hydroxylation is 2. The third-order valence-electron chi connectivity index (χ3n) is 2.90. The van der Waals surface area contributed by atoms with E-state index in [-0.39, 0.29) is 6.61 Å². The molecular weight excluding hydrogens is 254 g/mol. The van der Waals surface area contributed by atoms with Crippen LogP contribution in [0.1, 0.15) is 18.2 Å². The SMILES string of the molecule is CCc1nn(C)c(Cl)c1CN(CCO)CCOC. The number of halogens is 1. The van der Waals surface area contributed by atoms with Crippen LogP contribution in [0.25, 0.3) is 0 Å². The highest BCUT2D eigenvalue weighted by atomic mass is 35.5. The lowest BCUT2D eigenvalue weighted by atomic mass is 10.2. The minimum Gasteiger partial charge on any atom is -0.395 e. The topological polar surface area (TPSA) is 50.5 Å². The highest BCUT2D eigenvalue weighted by Crippen LogP contribution is 2.21. The molecule has 1 rings (SSSR count). The summed E-state index contributed by atoms with van der Waals surface area (Å²) < 4.78 is 6.77. The van der Waals surface area contributed by atoms with E-state index in [4.69, 9.17) is 21.4 Å². The summed E-state index contributed by atoms with van der Waals surface area (Å²) in [7, 11) is 3.52. The van der Waals surface area contributed by atoms with Crippen LogP contribution in [0, 0.1) is 0 Å². The molecule has 0 amide bonds. The number of methoxy groups -OCH3 is 1. The van der Waals surface area contributed by atoms with Gasteiger partial charge in [-0.25, -0.2) is 0 Å². The second-order valence-corrected chi connectivity index (χ2v) is 4.54. The summed E-state index contributed by atoms with van der Waals surface area (Å²) in [5, 5.41) is 14.1. The largest absolute Gasteiger partial charge is 0.395 e. The molecule has 0 spiro atoms. The number of aliphatic hydroxyl groups is 1. The monoisotopic (exact) mass is 275 g/mol. The summed E-state index contributed by atoms with van der Waals surface area (Å²) in [4.78, 5) is 2.12. The molecule has 104 valence electrons. The van der Waals surface area contributed by atoms with E-state index in [1.165, 1.54) is 0 Å². The Hall–Kier alpha value is -0.620. The van der Waals surface area contributed by atoms with Crippen molar-refractivity contribution in [2.24, 2.45) is 7.05 Å². The van der Waals surface area contributed by atoms with Gasteiger partial charge >= 0.3 is 0 Å². The molecule has 1 N–H and O–H groups in total. The molecule has 0 bridgehead atoms. The van der Waals surface area contributed by atoms with Crippen LogP contribution in [-0.2, 0) is 24.8 Å². The first-order chi connectivity index (χ1) is 8.63. The minimum atomic E-state index is 0.128. The maximum absolute atomic E-state index is 9.08. The van der Waals surface area contributed by atoms with Crippen molar-refractivity contribution in [3.63, 3.8) is 0 Å². The molecule has 0 unspecified atom stereocenters. The average molecular weight is 276 g/mol. The van der Waals surface area contributed by atoms with Crippen molar-refractivity contribution >= 4 is 11.6 Å². The summed E-state index contributed by atoms with van der Waals surface area (Å²) in [6.07, 6.45) is 0.854. The summed E-state index contributed by atoms with van der Waals surface area (Å²) in [6, 6.07) is 0. The standard InChI is InChI=1S/C12H22ClN3O2/c1-4-11-10(12(13)15(2)14-11)9-16(5-7-17)6-8-18-3/h17H,4-9H2,1-3H3. The van der Waals surface area contributed by atoms with Crippen molar-refractivity contribution in [1.82, 2.24) is 14.7 Å². The molecular formula is C12H22ClN3O2. The van der Waals surface area contributed by atoms with Gasteiger partial charge in [-0.15, -0.1) is 0 Å². The molecule has 0 atom stereocenters. The second kappa shape index (κ2) is 7.74. The van der Waals surface area contributed by atoms with Crippen LogP contribution in [0.4, 0.5) is 0 Å². The molecule has 0 saturated carbocycles. The fraction of sp³-hybridized carbons (Fsp3) is 0.750. The second-order valence-electron chi connectivity index (χ2n) is 4.19. The van der Waals surface area contributed by atoms with Gasteiger partial charge in [0.25, 0.3) is 0 Å². The van der Waals surface area contributed by atoms with Crippen LogP contribution in [0.2, 0.25) is 5.15 Å². The first-order valence-electron chi connectivity index (χ1n) is 6.16. The van der Waals surface area contributed by atoms with Gasteiger partial charge in [0.1, 0.15) is 5.15 Å². The van der Waals surface area contributed by atoms with E-state index in [2.05, 4.69) is 16.9 Å². The Labute approximate surface area is 113 Å². The van der Waals surface area contributed by atoms with Gasteiger partial charge in [0, 0.05) is 39.4 Å². The maximum Gasteiger partial charge on any atom is 0.131 e. The van der Waals surface area contributed by atoms with Crippen LogP contribution in [-0.4, -0.2) is 53.2 Å². The third kappa shape index (κ3) is 3.95. The Morgan fingerprint density at radius 1 is 1.44 bits per heavy atom. The molecule has 0 saturated heterocycles. The predicted molar refractivity (Wildman–Crippen MR) is 71.8 cm³/mol. The van der Waals surface area contributed by atoms with Gasteiger partial charge in [-0.05, 0) is 6.42 Å². The molecule has 18 heavy (non-hydrogen) atoms. The molecule has 0 fully saturated rings. The average Bonchev–Trinajstić information content (AvgIpc) is 2.63. The first kappa shape index (κ1) is 15.4. The maximum atomic E-state index is 9.08. The normalized spacial score (nSPS) is 11.4. The molecule has 0 aliphatic carbocycles. The highest BCUT2D eigenvalue weighted by molar-refractivity contribution is 6.30. The Bertz CT molecular complexity index is 368. The zero-order valence-electron chi connectivity index (χ0n) is 11.3. The van der Waals surface area contributed by atoms with E-state index in [0.29, 0.717) is 24.8 Å². The van der Waals surface area contributed by atoms with Gasteiger partial charge < -0.3 is 9.84 Å². The van der Waals surface area contributed by atoms with Crippen molar-refractivity contribution < 1.29 is 9.84 Å². The molecule has 6 heteroatoms. The lowest BCUT2D eigenvalue weighted by Gasteiger charge is -2.20. The van der Waals surface area contributed by atoms with E-state index in [0.717, 1.165) is 24.2 Å². The fourth-order valence-corrected chi connectivity index (χ4v) is 2.10. The lowest BCUT2D eigenvalue weighted by molar-refractivity contribution is 0.126. The van der Waals surface area contributed by atoms with Gasteiger partial charge in [0.2, 0.25) is 0 Å². The smallest absolute Gasteiger partial charge is 0.131 e. The van der Waals surface area contributed by atoms with E-state index in [1.54, 1.807) is 11.8 Å². The molecule has 1 aromatic rings. The van der Waals surface area contributed by atoms with Gasteiger partial charge in [0.05, 0.1) is 18.9 Å². The van der Waals surface area contributed by atoms with E-state index >= 15 is 0 Å². The van der Waals surface area contributed by atoms with E-state index < -0.39 is 0 Å². The molecule has 1 aromatic heterocycles. The van der Waals surface area contributed by atoms with Crippen molar-refractivity contribution in [2.75, 3.05) is 33.4 Å².